The number of hydrogen-bond donors (Lipinski definition) is 1. The lowest BCUT2D eigenvalue weighted by molar-refractivity contribution is -0.130. The molecule has 5 heteroatoms. The number of benzene rings is 1. The number of likely N-dealkylation sites (N-methyl/N-ethyl adjacent to an activating group) is 1. The van der Waals surface area contributed by atoms with Crippen molar-refractivity contribution >= 4 is 11.8 Å². The Morgan fingerprint density at radius 2 is 1.90 bits per heavy atom. The molecule has 1 N–H and O–H groups in total. The Bertz CT molecular complexity index is 579. The van der Waals surface area contributed by atoms with Crippen LogP contribution in [0, 0.1) is 0 Å². The molecule has 0 atom stereocenters. The summed E-state index contributed by atoms with van der Waals surface area (Å²) in [5, 5.41) is 2.56. The van der Waals surface area contributed by atoms with Crippen LogP contribution in [-0.2, 0) is 11.3 Å². The van der Waals surface area contributed by atoms with Crippen molar-refractivity contribution in [2.45, 2.75) is 13.5 Å². The van der Waals surface area contributed by atoms with Gasteiger partial charge in [0.1, 0.15) is 0 Å². The van der Waals surface area contributed by atoms with Crippen molar-refractivity contribution in [2.75, 3.05) is 13.1 Å². The molecule has 0 aliphatic rings. The van der Waals surface area contributed by atoms with Crippen LogP contribution in [0.25, 0.3) is 0 Å². The van der Waals surface area contributed by atoms with Gasteiger partial charge in [-0.05, 0) is 24.6 Å². The monoisotopic (exact) mass is 286 g/mol. The molecule has 5 nitrogen and oxygen atoms in total. The molecular formula is C16H18N2O3. The molecule has 2 aromatic rings. The first-order valence-corrected chi connectivity index (χ1v) is 6.84. The van der Waals surface area contributed by atoms with Gasteiger partial charge in [-0.15, -0.1) is 0 Å². The van der Waals surface area contributed by atoms with E-state index in [1.807, 2.05) is 37.3 Å². The van der Waals surface area contributed by atoms with Crippen LogP contribution >= 0.6 is 0 Å². The molecule has 21 heavy (non-hydrogen) atoms. The van der Waals surface area contributed by atoms with Gasteiger partial charge < -0.3 is 14.6 Å². The summed E-state index contributed by atoms with van der Waals surface area (Å²) >= 11 is 0. The minimum absolute atomic E-state index is 0.0415. The van der Waals surface area contributed by atoms with Crippen LogP contribution in [0.15, 0.2) is 53.1 Å². The van der Waals surface area contributed by atoms with Gasteiger partial charge >= 0.3 is 0 Å². The summed E-state index contributed by atoms with van der Waals surface area (Å²) < 4.78 is 4.97. The maximum Gasteiger partial charge on any atom is 0.287 e. The zero-order valence-corrected chi connectivity index (χ0v) is 11.9. The third-order valence-corrected chi connectivity index (χ3v) is 3.10. The number of hydrogen-bond acceptors (Lipinski definition) is 3. The highest BCUT2D eigenvalue weighted by Gasteiger charge is 2.15. The highest BCUT2D eigenvalue weighted by Crippen LogP contribution is 2.04. The molecule has 1 aromatic heterocycles. The number of amides is 2. The summed E-state index contributed by atoms with van der Waals surface area (Å²) in [7, 11) is 0. The average molecular weight is 286 g/mol. The van der Waals surface area contributed by atoms with Gasteiger partial charge in [0.05, 0.1) is 12.8 Å². The van der Waals surface area contributed by atoms with Crippen LogP contribution < -0.4 is 5.32 Å². The first-order chi connectivity index (χ1) is 10.2. The fraction of sp³-hybridized carbons (Fsp3) is 0.250. The van der Waals surface area contributed by atoms with E-state index in [1.54, 1.807) is 17.0 Å². The Labute approximate surface area is 123 Å². The smallest absolute Gasteiger partial charge is 0.287 e. The molecule has 0 aliphatic heterocycles. The van der Waals surface area contributed by atoms with E-state index in [0.717, 1.165) is 5.56 Å². The second kappa shape index (κ2) is 7.28. The maximum absolute atomic E-state index is 12.1. The Kier molecular flexibility index (Phi) is 5.15. The Balaban J connectivity index is 1.87. The van der Waals surface area contributed by atoms with E-state index in [0.29, 0.717) is 13.1 Å². The van der Waals surface area contributed by atoms with Crippen molar-refractivity contribution in [3.8, 4) is 0 Å². The molecule has 0 radical (unpaired) electrons. The van der Waals surface area contributed by atoms with E-state index in [1.165, 1.54) is 6.26 Å². The van der Waals surface area contributed by atoms with Crippen LogP contribution in [0.4, 0.5) is 0 Å². The van der Waals surface area contributed by atoms with E-state index >= 15 is 0 Å². The fourth-order valence-corrected chi connectivity index (χ4v) is 1.94. The molecule has 2 rings (SSSR count). The number of rotatable bonds is 6. The molecule has 0 aliphatic carbocycles. The van der Waals surface area contributed by atoms with E-state index < -0.39 is 0 Å². The first-order valence-electron chi connectivity index (χ1n) is 6.84. The van der Waals surface area contributed by atoms with Gasteiger partial charge in [-0.1, -0.05) is 30.3 Å². The maximum atomic E-state index is 12.1. The Morgan fingerprint density at radius 1 is 1.14 bits per heavy atom. The summed E-state index contributed by atoms with van der Waals surface area (Å²) in [6.45, 7) is 2.99. The predicted molar refractivity (Wildman–Crippen MR) is 78.6 cm³/mol. The van der Waals surface area contributed by atoms with Crippen molar-refractivity contribution in [3.63, 3.8) is 0 Å². The number of furan rings is 1. The first kappa shape index (κ1) is 14.8. The van der Waals surface area contributed by atoms with E-state index in [4.69, 9.17) is 4.42 Å². The molecule has 0 spiro atoms. The minimum Gasteiger partial charge on any atom is -0.459 e. The van der Waals surface area contributed by atoms with Gasteiger partial charge in [-0.3, -0.25) is 9.59 Å². The van der Waals surface area contributed by atoms with E-state index in [9.17, 15) is 9.59 Å². The number of carbonyl (C=O) groups is 2. The van der Waals surface area contributed by atoms with Crippen LogP contribution in [0.1, 0.15) is 23.0 Å². The molecule has 0 saturated carbocycles. The number of carbonyl (C=O) groups excluding carboxylic acids is 2. The highest BCUT2D eigenvalue weighted by molar-refractivity contribution is 5.94. The van der Waals surface area contributed by atoms with Gasteiger partial charge in [-0.2, -0.15) is 0 Å². The Morgan fingerprint density at radius 3 is 2.52 bits per heavy atom. The molecule has 1 aromatic carbocycles. The fourth-order valence-electron chi connectivity index (χ4n) is 1.94. The second-order valence-corrected chi connectivity index (χ2v) is 4.55. The molecule has 1 heterocycles. The van der Waals surface area contributed by atoms with Crippen molar-refractivity contribution < 1.29 is 14.0 Å². The SMILES string of the molecule is CCN(Cc1ccccc1)C(=O)CNC(=O)c1ccco1. The molecule has 2 amide bonds. The second-order valence-electron chi connectivity index (χ2n) is 4.55. The van der Waals surface area contributed by atoms with Crippen LogP contribution in [0.3, 0.4) is 0 Å². The van der Waals surface area contributed by atoms with Gasteiger partial charge in [0, 0.05) is 13.1 Å². The Hall–Kier alpha value is -2.56. The van der Waals surface area contributed by atoms with Gasteiger partial charge in [0.25, 0.3) is 5.91 Å². The predicted octanol–water partition coefficient (Wildman–Crippen LogP) is 2.06. The van der Waals surface area contributed by atoms with Crippen molar-refractivity contribution in [1.82, 2.24) is 10.2 Å². The largest absolute Gasteiger partial charge is 0.459 e. The van der Waals surface area contributed by atoms with Crippen LogP contribution in [0.5, 0.6) is 0 Å². The molecule has 0 unspecified atom stereocenters. The summed E-state index contributed by atoms with van der Waals surface area (Å²) in [4.78, 5) is 25.5. The van der Waals surface area contributed by atoms with E-state index in [-0.39, 0.29) is 24.1 Å². The van der Waals surface area contributed by atoms with E-state index in [2.05, 4.69) is 5.32 Å². The highest BCUT2D eigenvalue weighted by atomic mass is 16.3. The minimum atomic E-state index is -0.385. The molecular weight excluding hydrogens is 268 g/mol. The van der Waals surface area contributed by atoms with Crippen LogP contribution in [0.2, 0.25) is 0 Å². The van der Waals surface area contributed by atoms with Crippen molar-refractivity contribution in [2.24, 2.45) is 0 Å². The molecule has 0 saturated heterocycles. The molecule has 110 valence electrons. The molecule has 0 bridgehead atoms. The van der Waals surface area contributed by atoms with Crippen molar-refractivity contribution in [3.05, 3.63) is 60.1 Å². The third-order valence-electron chi connectivity index (χ3n) is 3.10. The zero-order chi connectivity index (χ0) is 15.1. The standard InChI is InChI=1S/C16H18N2O3/c1-2-18(12-13-7-4-3-5-8-13)15(19)11-17-16(20)14-9-6-10-21-14/h3-10H,2,11-12H2,1H3,(H,17,20). The lowest BCUT2D eigenvalue weighted by Gasteiger charge is -2.21. The van der Waals surface area contributed by atoms with Gasteiger partial charge in [0.15, 0.2) is 5.76 Å². The lowest BCUT2D eigenvalue weighted by atomic mass is 10.2. The third kappa shape index (κ3) is 4.21. The lowest BCUT2D eigenvalue weighted by Crippen LogP contribution is -2.39. The number of nitrogens with zero attached hydrogens (tertiary/aromatic N) is 1. The topological polar surface area (TPSA) is 62.6 Å². The number of nitrogens with one attached hydrogen (secondary N) is 1. The van der Waals surface area contributed by atoms with Gasteiger partial charge in [0.2, 0.25) is 5.91 Å². The average Bonchev–Trinajstić information content (AvgIpc) is 3.05. The summed E-state index contributed by atoms with van der Waals surface area (Å²) in [5.74, 6) is -0.306. The van der Waals surface area contributed by atoms with Crippen molar-refractivity contribution in [1.29, 1.82) is 0 Å². The molecule has 0 fully saturated rings. The summed E-state index contributed by atoms with van der Waals surface area (Å²) in [5.41, 5.74) is 1.06. The summed E-state index contributed by atoms with van der Waals surface area (Å²) in [6, 6.07) is 12.9. The van der Waals surface area contributed by atoms with Gasteiger partial charge in [-0.25, -0.2) is 0 Å². The van der Waals surface area contributed by atoms with Crippen LogP contribution in [-0.4, -0.2) is 29.8 Å². The summed E-state index contributed by atoms with van der Waals surface area (Å²) in [6.07, 6.45) is 1.42. The quantitative estimate of drug-likeness (QED) is 0.884. The normalized spacial score (nSPS) is 10.1. The zero-order valence-electron chi connectivity index (χ0n) is 11.9.